The number of ether oxygens (including phenoxy) is 1. The van der Waals surface area contributed by atoms with Crippen LogP contribution < -0.4 is 5.32 Å². The molecule has 5 rings (SSSR count). The summed E-state index contributed by atoms with van der Waals surface area (Å²) in [6.45, 7) is 1.33. The van der Waals surface area contributed by atoms with Crippen LogP contribution in [0.1, 0.15) is 28.6 Å². The molecule has 1 aliphatic rings. The molecule has 1 saturated heterocycles. The number of tetrazole rings is 1. The van der Waals surface area contributed by atoms with Crippen LogP contribution in [0.25, 0.3) is 10.7 Å². The van der Waals surface area contributed by atoms with Crippen LogP contribution in [-0.2, 0) is 27.4 Å². The maximum Gasteiger partial charge on any atom is 0.248 e. The van der Waals surface area contributed by atoms with E-state index in [2.05, 4.69) is 20.7 Å². The van der Waals surface area contributed by atoms with Gasteiger partial charge in [-0.1, -0.05) is 18.2 Å². The molecule has 0 spiro atoms. The molecule has 1 N–H and O–H groups in total. The maximum absolute atomic E-state index is 13.6. The Labute approximate surface area is 214 Å². The normalized spacial score (nSPS) is 16.3. The fourth-order valence-electron chi connectivity index (χ4n) is 3.91. The Morgan fingerprint density at radius 3 is 2.69 bits per heavy atom. The molecule has 1 fully saturated rings. The van der Waals surface area contributed by atoms with Crippen LogP contribution in [0.2, 0.25) is 0 Å². The van der Waals surface area contributed by atoms with Crippen molar-refractivity contribution in [1.82, 2.24) is 30.4 Å². The molecular weight excluding hydrogens is 504 g/mol. The molecule has 12 heteroatoms. The first-order valence-corrected chi connectivity index (χ1v) is 13.9. The smallest absolute Gasteiger partial charge is 0.248 e. The van der Waals surface area contributed by atoms with Crippen LogP contribution in [-0.4, -0.2) is 56.2 Å². The third kappa shape index (κ3) is 5.84. The van der Waals surface area contributed by atoms with E-state index in [1.807, 2.05) is 52.5 Å². The number of rotatable bonds is 10. The molecule has 35 heavy (non-hydrogen) atoms. The van der Waals surface area contributed by atoms with Gasteiger partial charge in [0.05, 0.1) is 17.5 Å². The predicted octanol–water partition coefficient (Wildman–Crippen LogP) is 3.59. The summed E-state index contributed by atoms with van der Waals surface area (Å²) >= 11 is 4.51. The minimum atomic E-state index is -0.772. The standard InChI is InChI=1S/C23H24N6O3S3/c30-20(15-29-26-22(25-27-29)19-8-4-12-35-19)28(14-17-6-2-10-33-17)21(18-7-3-11-34-18)23(31)24-13-16-5-1-9-32-16/h2-4,6-8,10-12,16,21H,1,5,9,13-15H2,(H,24,31)/t16-,21+/m0/s1. The van der Waals surface area contributed by atoms with Crippen LogP contribution in [0.15, 0.2) is 52.5 Å². The highest BCUT2D eigenvalue weighted by Gasteiger charge is 2.33. The van der Waals surface area contributed by atoms with E-state index in [1.165, 1.54) is 27.5 Å². The molecule has 1 aliphatic heterocycles. The Morgan fingerprint density at radius 2 is 1.97 bits per heavy atom. The third-order valence-corrected chi connectivity index (χ3v) is 8.25. The zero-order valence-corrected chi connectivity index (χ0v) is 21.2. The van der Waals surface area contributed by atoms with E-state index < -0.39 is 6.04 Å². The summed E-state index contributed by atoms with van der Waals surface area (Å²) < 4.78 is 5.66. The average molecular weight is 529 g/mol. The summed E-state index contributed by atoms with van der Waals surface area (Å²) in [6.07, 6.45) is 1.93. The van der Waals surface area contributed by atoms with E-state index in [4.69, 9.17) is 4.74 Å². The van der Waals surface area contributed by atoms with E-state index in [0.717, 1.165) is 34.1 Å². The number of hydrogen-bond donors (Lipinski definition) is 1. The quantitative estimate of drug-likeness (QED) is 0.338. The summed E-state index contributed by atoms with van der Waals surface area (Å²) in [7, 11) is 0. The number of amides is 2. The highest BCUT2D eigenvalue weighted by Crippen LogP contribution is 2.29. The number of hydrogen-bond acceptors (Lipinski definition) is 9. The van der Waals surface area contributed by atoms with Crippen molar-refractivity contribution in [3.8, 4) is 10.7 Å². The highest BCUT2D eigenvalue weighted by atomic mass is 32.1. The summed E-state index contributed by atoms with van der Waals surface area (Å²) in [4.78, 5) is 32.7. The fourth-order valence-corrected chi connectivity index (χ4v) is 6.09. The van der Waals surface area contributed by atoms with Gasteiger partial charge < -0.3 is 15.0 Å². The topological polar surface area (TPSA) is 102 Å². The molecule has 0 aliphatic carbocycles. The molecule has 0 bridgehead atoms. The number of carbonyl (C=O) groups excluding carboxylic acids is 2. The Bertz CT molecular complexity index is 1220. The SMILES string of the molecule is O=C(NC[C@@H]1CCCO1)[C@@H](c1cccs1)N(Cc1cccs1)C(=O)Cn1nnc(-c2cccs2)n1. The van der Waals surface area contributed by atoms with Crippen molar-refractivity contribution in [2.24, 2.45) is 0 Å². The summed E-state index contributed by atoms with van der Waals surface area (Å²) in [5, 5.41) is 21.4. The summed E-state index contributed by atoms with van der Waals surface area (Å²) in [5.41, 5.74) is 0. The lowest BCUT2D eigenvalue weighted by Gasteiger charge is -2.30. The molecule has 5 heterocycles. The van der Waals surface area contributed by atoms with Crippen LogP contribution >= 0.6 is 34.0 Å². The molecule has 9 nitrogen and oxygen atoms in total. The molecule has 0 saturated carbocycles. The van der Waals surface area contributed by atoms with Crippen LogP contribution in [0, 0.1) is 0 Å². The number of carbonyl (C=O) groups is 2. The minimum Gasteiger partial charge on any atom is -0.376 e. The zero-order chi connectivity index (χ0) is 24.0. The first-order valence-electron chi connectivity index (χ1n) is 11.2. The second-order valence-corrected chi connectivity index (χ2v) is 11.0. The van der Waals surface area contributed by atoms with Crippen molar-refractivity contribution >= 4 is 45.8 Å². The van der Waals surface area contributed by atoms with Gasteiger partial charge in [-0.25, -0.2) is 0 Å². The molecule has 2 amide bonds. The lowest BCUT2D eigenvalue weighted by atomic mass is 10.1. The van der Waals surface area contributed by atoms with Crippen molar-refractivity contribution in [1.29, 1.82) is 0 Å². The van der Waals surface area contributed by atoms with Gasteiger partial charge >= 0.3 is 0 Å². The lowest BCUT2D eigenvalue weighted by Crippen LogP contribution is -2.45. The number of nitrogens with zero attached hydrogens (tertiary/aromatic N) is 5. The molecule has 0 unspecified atom stereocenters. The molecule has 182 valence electrons. The zero-order valence-electron chi connectivity index (χ0n) is 18.8. The Balaban J connectivity index is 1.38. The Kier molecular flexibility index (Phi) is 7.62. The fraction of sp³-hybridized carbons (Fsp3) is 0.348. The number of nitrogens with one attached hydrogen (secondary N) is 1. The summed E-state index contributed by atoms with van der Waals surface area (Å²) in [6, 6.07) is 10.7. The Morgan fingerprint density at radius 1 is 1.14 bits per heavy atom. The van der Waals surface area contributed by atoms with Crippen molar-refractivity contribution in [2.45, 2.75) is 38.1 Å². The van der Waals surface area contributed by atoms with Gasteiger partial charge in [-0.15, -0.1) is 44.2 Å². The van der Waals surface area contributed by atoms with Crippen molar-refractivity contribution < 1.29 is 14.3 Å². The highest BCUT2D eigenvalue weighted by molar-refractivity contribution is 7.13. The van der Waals surface area contributed by atoms with Crippen molar-refractivity contribution in [2.75, 3.05) is 13.2 Å². The monoisotopic (exact) mass is 528 g/mol. The van der Waals surface area contributed by atoms with Crippen LogP contribution in [0.5, 0.6) is 0 Å². The van der Waals surface area contributed by atoms with E-state index in [1.54, 1.807) is 16.2 Å². The van der Waals surface area contributed by atoms with Gasteiger partial charge in [-0.05, 0) is 52.4 Å². The average Bonchev–Trinajstić information content (AvgIpc) is 3.69. The predicted molar refractivity (Wildman–Crippen MR) is 135 cm³/mol. The van der Waals surface area contributed by atoms with E-state index in [0.29, 0.717) is 18.9 Å². The molecule has 4 aromatic heterocycles. The van der Waals surface area contributed by atoms with Gasteiger partial charge in [0, 0.05) is 22.9 Å². The maximum atomic E-state index is 13.6. The first kappa shape index (κ1) is 23.8. The van der Waals surface area contributed by atoms with Gasteiger partial charge in [-0.2, -0.15) is 4.80 Å². The molecule has 2 atom stereocenters. The van der Waals surface area contributed by atoms with Gasteiger partial charge in [0.2, 0.25) is 17.6 Å². The van der Waals surface area contributed by atoms with E-state index in [-0.39, 0.29) is 24.5 Å². The molecular formula is C23H24N6O3S3. The van der Waals surface area contributed by atoms with Crippen LogP contribution in [0.4, 0.5) is 0 Å². The van der Waals surface area contributed by atoms with Crippen LogP contribution in [0.3, 0.4) is 0 Å². The van der Waals surface area contributed by atoms with Gasteiger partial charge in [0.25, 0.3) is 0 Å². The van der Waals surface area contributed by atoms with Crippen molar-refractivity contribution in [3.05, 3.63) is 62.3 Å². The van der Waals surface area contributed by atoms with E-state index >= 15 is 0 Å². The van der Waals surface area contributed by atoms with Gasteiger partial charge in [0.1, 0.15) is 12.6 Å². The second-order valence-electron chi connectivity index (χ2n) is 8.02. The number of thiophene rings is 3. The number of aromatic nitrogens is 4. The van der Waals surface area contributed by atoms with Gasteiger partial charge in [-0.3, -0.25) is 9.59 Å². The van der Waals surface area contributed by atoms with Crippen molar-refractivity contribution in [3.63, 3.8) is 0 Å². The largest absolute Gasteiger partial charge is 0.376 e. The molecule has 0 radical (unpaired) electrons. The minimum absolute atomic E-state index is 0.0133. The summed E-state index contributed by atoms with van der Waals surface area (Å²) in [5.74, 6) is -0.0143. The molecule has 0 aromatic carbocycles. The molecule has 4 aromatic rings. The van der Waals surface area contributed by atoms with E-state index in [9.17, 15) is 9.59 Å². The lowest BCUT2D eigenvalue weighted by molar-refractivity contribution is -0.142. The Hall–Kier alpha value is -2.93. The first-order chi connectivity index (χ1) is 17.2. The van der Waals surface area contributed by atoms with Gasteiger partial charge in [0.15, 0.2) is 0 Å². The second kappa shape index (κ2) is 11.2. The third-order valence-electron chi connectivity index (χ3n) is 5.60.